The Morgan fingerprint density at radius 3 is 1.18 bits per heavy atom. The molecule has 2 atom stereocenters. The molecule has 2 saturated carbocycles. The second-order valence-electron chi connectivity index (χ2n) is 16.3. The van der Waals surface area contributed by atoms with Crippen molar-refractivity contribution in [1.29, 1.82) is 0 Å². The minimum absolute atomic E-state index is 0.00819. The van der Waals surface area contributed by atoms with E-state index in [1.54, 1.807) is 0 Å². The van der Waals surface area contributed by atoms with E-state index < -0.39 is 21.6 Å². The van der Waals surface area contributed by atoms with Crippen LogP contribution in [0, 0.1) is 0 Å². The van der Waals surface area contributed by atoms with Crippen LogP contribution in [0.25, 0.3) is 0 Å². The number of hydrogen-bond donors (Lipinski definition) is 6. The summed E-state index contributed by atoms with van der Waals surface area (Å²) in [6.45, 7) is 17.9. The van der Waals surface area contributed by atoms with E-state index in [4.69, 9.17) is 27.0 Å². The normalized spacial score (nSPS) is 18.4. The summed E-state index contributed by atoms with van der Waals surface area (Å²) in [7, 11) is -4.67. The van der Waals surface area contributed by atoms with Crippen LogP contribution in [0.3, 0.4) is 0 Å². The highest BCUT2D eigenvalue weighted by Gasteiger charge is 2.27. The molecule has 2 aromatic rings. The van der Waals surface area contributed by atoms with Crippen LogP contribution in [0.2, 0.25) is 0 Å². The van der Waals surface area contributed by atoms with Gasteiger partial charge in [-0.2, -0.15) is 8.42 Å². The molecule has 10 nitrogen and oxygen atoms in total. The number of para-hydroxylation sites is 2. The highest BCUT2D eigenvalue weighted by atomic mass is 32.3. The van der Waals surface area contributed by atoms with E-state index in [1.807, 2.05) is 38.1 Å². The lowest BCUT2D eigenvalue weighted by molar-refractivity contribution is 0.00719. The van der Waals surface area contributed by atoms with Gasteiger partial charge in [0, 0.05) is 24.2 Å². The summed E-state index contributed by atoms with van der Waals surface area (Å²) >= 11 is 0. The first-order chi connectivity index (χ1) is 22.5. The van der Waals surface area contributed by atoms with Crippen molar-refractivity contribution in [2.45, 2.75) is 141 Å². The van der Waals surface area contributed by atoms with Crippen LogP contribution in [0.4, 0.5) is 0 Å². The van der Waals surface area contributed by atoms with Gasteiger partial charge in [-0.15, -0.1) is 0 Å². The fraction of sp³-hybridized carbons (Fsp3) is 0.684. The number of nitrogens with one attached hydrogen (secondary N) is 2. The Balaban J connectivity index is 0.000000299. The summed E-state index contributed by atoms with van der Waals surface area (Å²) < 4.78 is 43.6. The zero-order chi connectivity index (χ0) is 36.9. The maximum absolute atomic E-state index is 10.5. The Morgan fingerprint density at radius 1 is 0.612 bits per heavy atom. The summed E-state index contributed by atoms with van der Waals surface area (Å²) in [5, 5.41) is 27.7. The highest BCUT2D eigenvalue weighted by molar-refractivity contribution is 7.79. The predicted molar refractivity (Wildman–Crippen MR) is 197 cm³/mol. The highest BCUT2D eigenvalue weighted by Crippen LogP contribution is 2.39. The molecule has 0 unspecified atom stereocenters. The molecule has 2 aromatic carbocycles. The average molecular weight is 709 g/mol. The van der Waals surface area contributed by atoms with Gasteiger partial charge in [0.05, 0.1) is 0 Å². The molecule has 0 bridgehead atoms. The number of β-amino-alcohol motifs (C(OH)–C–C–N with tert-alkyl or cyclic N) is 2. The molecule has 0 aromatic heterocycles. The van der Waals surface area contributed by atoms with Gasteiger partial charge < -0.3 is 30.3 Å². The molecule has 0 spiro atoms. The van der Waals surface area contributed by atoms with Crippen LogP contribution in [0.5, 0.6) is 11.5 Å². The number of benzene rings is 2. The molecule has 0 heterocycles. The molecular weight excluding hydrogens is 644 g/mol. The molecule has 2 aliphatic carbocycles. The third kappa shape index (κ3) is 19.1. The van der Waals surface area contributed by atoms with Crippen LogP contribution >= 0.6 is 0 Å². The van der Waals surface area contributed by atoms with Crippen molar-refractivity contribution in [3.05, 3.63) is 59.7 Å². The van der Waals surface area contributed by atoms with Gasteiger partial charge in [0.2, 0.25) is 0 Å². The van der Waals surface area contributed by atoms with Gasteiger partial charge in [-0.3, -0.25) is 9.11 Å². The summed E-state index contributed by atoms with van der Waals surface area (Å²) in [5.41, 5.74) is 0.836. The minimum atomic E-state index is -4.67. The van der Waals surface area contributed by atoms with Crippen molar-refractivity contribution in [1.82, 2.24) is 10.6 Å². The zero-order valence-electron chi connectivity index (χ0n) is 31.1. The van der Waals surface area contributed by atoms with Crippen molar-refractivity contribution < 1.29 is 37.2 Å². The Bertz CT molecular complexity index is 1260. The molecule has 0 aliphatic heterocycles. The van der Waals surface area contributed by atoms with Gasteiger partial charge in [0.15, 0.2) is 0 Å². The number of rotatable bonds is 12. The summed E-state index contributed by atoms with van der Waals surface area (Å²) in [6.07, 6.45) is 10.3. The molecule has 280 valence electrons. The first-order valence-electron chi connectivity index (χ1n) is 17.6. The van der Waals surface area contributed by atoms with Crippen LogP contribution in [0.15, 0.2) is 48.5 Å². The van der Waals surface area contributed by atoms with Crippen molar-refractivity contribution in [2.24, 2.45) is 0 Å². The predicted octanol–water partition coefficient (Wildman–Crippen LogP) is 7.07. The molecule has 49 heavy (non-hydrogen) atoms. The molecule has 6 N–H and O–H groups in total. The summed E-state index contributed by atoms with van der Waals surface area (Å²) in [5.74, 6) is 3.11. The second-order valence-corrected chi connectivity index (χ2v) is 17.2. The van der Waals surface area contributed by atoms with Gasteiger partial charge in [0.1, 0.15) is 35.9 Å². The quantitative estimate of drug-likeness (QED) is 0.126. The zero-order valence-corrected chi connectivity index (χ0v) is 31.9. The van der Waals surface area contributed by atoms with Crippen LogP contribution in [0.1, 0.15) is 130 Å². The van der Waals surface area contributed by atoms with Crippen LogP contribution < -0.4 is 20.1 Å². The maximum Gasteiger partial charge on any atom is 0.394 e. The minimum Gasteiger partial charge on any atom is -0.490 e. The van der Waals surface area contributed by atoms with Gasteiger partial charge in [-0.1, -0.05) is 62.1 Å². The lowest BCUT2D eigenvalue weighted by Crippen LogP contribution is -2.49. The molecule has 0 amide bonds. The van der Waals surface area contributed by atoms with E-state index in [0.29, 0.717) is 38.1 Å². The van der Waals surface area contributed by atoms with E-state index in [1.165, 1.54) is 62.5 Å². The van der Waals surface area contributed by atoms with E-state index in [9.17, 15) is 10.2 Å². The lowest BCUT2D eigenvalue weighted by atomic mass is 9.97. The fourth-order valence-electron chi connectivity index (χ4n) is 5.85. The van der Waals surface area contributed by atoms with E-state index >= 15 is 0 Å². The molecule has 11 heteroatoms. The third-order valence-corrected chi connectivity index (χ3v) is 8.50. The summed E-state index contributed by atoms with van der Waals surface area (Å²) in [4.78, 5) is 0. The Hall–Kier alpha value is -2.25. The second kappa shape index (κ2) is 18.8. The fourth-order valence-corrected chi connectivity index (χ4v) is 5.85. The van der Waals surface area contributed by atoms with Crippen molar-refractivity contribution in [3.8, 4) is 11.5 Å². The molecule has 0 saturated heterocycles. The topological polar surface area (TPSA) is 158 Å². The average Bonchev–Trinajstić information content (AvgIpc) is 3.72. The molecule has 0 radical (unpaired) electrons. The molecular formula is C38H64N2O8S. The van der Waals surface area contributed by atoms with E-state index in [-0.39, 0.29) is 11.1 Å². The van der Waals surface area contributed by atoms with Crippen LogP contribution in [-0.2, 0) is 10.4 Å². The summed E-state index contributed by atoms with van der Waals surface area (Å²) in [6, 6.07) is 16.6. The first kappa shape index (κ1) is 42.9. The van der Waals surface area contributed by atoms with E-state index in [0.717, 1.165) is 11.5 Å². The Morgan fingerprint density at radius 2 is 0.898 bits per heavy atom. The smallest absolute Gasteiger partial charge is 0.394 e. The van der Waals surface area contributed by atoms with Crippen molar-refractivity contribution >= 4 is 10.4 Å². The third-order valence-electron chi connectivity index (χ3n) is 8.50. The largest absolute Gasteiger partial charge is 0.490 e. The first-order valence-corrected chi connectivity index (χ1v) is 19.0. The lowest BCUT2D eigenvalue weighted by Gasteiger charge is -2.29. The number of aliphatic hydroxyl groups is 2. The van der Waals surface area contributed by atoms with E-state index in [2.05, 4.69) is 76.4 Å². The molecule has 4 rings (SSSR count). The Kier molecular flexibility index (Phi) is 16.5. The van der Waals surface area contributed by atoms with Gasteiger partial charge in [-0.05, 0) is 116 Å². The van der Waals surface area contributed by atoms with Gasteiger partial charge in [-0.25, -0.2) is 0 Å². The number of hydrogen-bond acceptors (Lipinski definition) is 8. The maximum atomic E-state index is 10.5. The number of ether oxygens (including phenoxy) is 2. The molecule has 2 fully saturated rings. The SMILES string of the molecule is CC(C)(C)NC[C@](C)(O)COc1ccccc1C1CCCC1.CC(C)(C)NC[C@](C)(O)COc1ccccc1C1CCCC1.O=S(=O)(O)O. The van der Waals surface area contributed by atoms with Crippen LogP contribution in [-0.4, -0.2) is 76.3 Å². The van der Waals surface area contributed by atoms with Gasteiger partial charge in [0.25, 0.3) is 0 Å². The monoisotopic (exact) mass is 708 g/mol. The van der Waals surface area contributed by atoms with Gasteiger partial charge >= 0.3 is 10.4 Å². The van der Waals surface area contributed by atoms with Crippen molar-refractivity contribution in [2.75, 3.05) is 26.3 Å². The standard InChI is InChI=1S/2C19H31NO2.H2O4S/c2*1-18(2,3)20-13-19(4,21)14-22-17-12-8-7-11-16(17)15-9-5-6-10-15;1-5(2,3)4/h2*7-8,11-12,15,20-21H,5-6,9-10,13-14H2,1-4H3;(H2,1,2,3,4)/t2*19-;/m00./s1. The van der Waals surface area contributed by atoms with Crippen molar-refractivity contribution in [3.63, 3.8) is 0 Å². The molecule has 2 aliphatic rings. The Labute approximate surface area is 296 Å².